The number of guanidine groups is 1. The molecule has 1 saturated carbocycles. The van der Waals surface area contributed by atoms with Crippen molar-refractivity contribution in [1.29, 1.82) is 0 Å². The number of fused-ring (bicyclic) bond motifs is 5. The first-order valence-corrected chi connectivity index (χ1v) is 9.19. The molecule has 4 unspecified atom stereocenters. The quantitative estimate of drug-likeness (QED) is 0.210. The third-order valence-electron chi connectivity index (χ3n) is 5.66. The van der Waals surface area contributed by atoms with Gasteiger partial charge in [0.15, 0.2) is 5.96 Å². The topological polar surface area (TPSA) is 86.9 Å². The minimum Gasteiger partial charge on any atom is -0.469 e. The predicted molar refractivity (Wildman–Crippen MR) is 112 cm³/mol. The van der Waals surface area contributed by atoms with Crippen LogP contribution < -0.4 is 10.6 Å². The summed E-state index contributed by atoms with van der Waals surface area (Å²) in [5, 5.41) is 6.37. The Kier molecular flexibility index (Phi) is 6.23. The number of amides is 2. The Hall–Kier alpha value is -1.84. The predicted octanol–water partition coefficient (Wildman–Crippen LogP) is 1.41. The highest BCUT2D eigenvalue weighted by molar-refractivity contribution is 14.0. The highest BCUT2D eigenvalue weighted by Gasteiger charge is 2.58. The van der Waals surface area contributed by atoms with Gasteiger partial charge in [0, 0.05) is 33.1 Å². The largest absolute Gasteiger partial charge is 0.469 e. The summed E-state index contributed by atoms with van der Waals surface area (Å²) in [4.78, 5) is 30.8. The monoisotopic (exact) mass is 484 g/mol. The number of nitrogens with zero attached hydrogens (tertiary/aromatic N) is 2. The Morgan fingerprint density at radius 3 is 2.44 bits per heavy atom. The van der Waals surface area contributed by atoms with Gasteiger partial charge in [0.05, 0.1) is 18.1 Å². The second kappa shape index (κ2) is 8.45. The molecule has 0 radical (unpaired) electrons. The van der Waals surface area contributed by atoms with Crippen LogP contribution in [0.2, 0.25) is 0 Å². The zero-order valence-electron chi connectivity index (χ0n) is 15.3. The summed E-state index contributed by atoms with van der Waals surface area (Å²) >= 11 is 0. The fourth-order valence-corrected chi connectivity index (χ4v) is 4.45. The smallest absolute Gasteiger partial charge is 0.233 e. The van der Waals surface area contributed by atoms with E-state index in [0.717, 1.165) is 18.6 Å². The third kappa shape index (κ3) is 3.76. The van der Waals surface area contributed by atoms with Crippen LogP contribution in [-0.2, 0) is 16.0 Å². The summed E-state index contributed by atoms with van der Waals surface area (Å²) in [6, 6.07) is 3.80. The van der Waals surface area contributed by atoms with E-state index in [2.05, 4.69) is 27.8 Å². The lowest BCUT2D eigenvalue weighted by atomic mass is 9.85. The molecule has 7 nitrogen and oxygen atoms in total. The van der Waals surface area contributed by atoms with Crippen LogP contribution in [0.1, 0.15) is 12.2 Å². The van der Waals surface area contributed by atoms with Gasteiger partial charge in [-0.1, -0.05) is 12.2 Å². The summed E-state index contributed by atoms with van der Waals surface area (Å²) in [5.74, 6) is 1.84. The summed E-state index contributed by atoms with van der Waals surface area (Å²) in [5.41, 5.74) is 0. The molecule has 2 N–H and O–H groups in total. The number of hydrogen-bond donors (Lipinski definition) is 2. The van der Waals surface area contributed by atoms with Crippen molar-refractivity contribution in [1.82, 2.24) is 15.5 Å². The van der Waals surface area contributed by atoms with Crippen LogP contribution in [0, 0.1) is 23.7 Å². The lowest BCUT2D eigenvalue weighted by Gasteiger charge is -2.18. The SMILES string of the molecule is CN=C(NCCc1ccco1)NCCN1C(=O)C2C3C=CC(C3)C2C1=O.I. The number of rotatable bonds is 6. The Morgan fingerprint density at radius 2 is 1.85 bits per heavy atom. The van der Waals surface area contributed by atoms with E-state index in [9.17, 15) is 9.59 Å². The minimum absolute atomic E-state index is 0. The number of likely N-dealkylation sites (tertiary alicyclic amines) is 1. The number of carbonyl (C=O) groups is 2. The van der Waals surface area contributed by atoms with Gasteiger partial charge in [-0.25, -0.2) is 0 Å². The molecule has 2 amide bonds. The molecule has 1 aromatic heterocycles. The van der Waals surface area contributed by atoms with E-state index >= 15 is 0 Å². The molecule has 2 heterocycles. The fraction of sp³-hybridized carbons (Fsp3) is 0.526. The first kappa shape index (κ1) is 19.9. The van der Waals surface area contributed by atoms with Crippen molar-refractivity contribution in [2.24, 2.45) is 28.7 Å². The van der Waals surface area contributed by atoms with E-state index in [1.165, 1.54) is 4.90 Å². The van der Waals surface area contributed by atoms with Gasteiger partial charge in [-0.15, -0.1) is 24.0 Å². The van der Waals surface area contributed by atoms with Crippen molar-refractivity contribution in [3.8, 4) is 0 Å². The molecule has 4 rings (SSSR count). The second-order valence-electron chi connectivity index (χ2n) is 7.08. The van der Waals surface area contributed by atoms with Gasteiger partial charge in [-0.2, -0.15) is 0 Å². The molecular weight excluding hydrogens is 459 g/mol. The highest BCUT2D eigenvalue weighted by Crippen LogP contribution is 2.52. The zero-order valence-corrected chi connectivity index (χ0v) is 17.6. The fourth-order valence-electron chi connectivity index (χ4n) is 4.45. The van der Waals surface area contributed by atoms with E-state index < -0.39 is 0 Å². The standard InChI is InChI=1S/C19H24N4O3.HI/c1-20-19(21-7-6-14-3-2-10-26-14)22-8-9-23-17(24)15-12-4-5-13(11-12)16(15)18(23)25;/h2-5,10,12-13,15-16H,6-9,11H2,1H3,(H2,20,21,22);1H. The van der Waals surface area contributed by atoms with Gasteiger partial charge in [-0.3, -0.25) is 19.5 Å². The number of imide groups is 1. The molecule has 1 aromatic rings. The molecule has 4 atom stereocenters. The molecular formula is C19H25IN4O3. The number of carbonyl (C=O) groups excluding carboxylic acids is 2. The molecule has 8 heteroatoms. The van der Waals surface area contributed by atoms with E-state index in [0.29, 0.717) is 25.6 Å². The van der Waals surface area contributed by atoms with Crippen molar-refractivity contribution < 1.29 is 14.0 Å². The maximum absolute atomic E-state index is 12.6. The third-order valence-corrected chi connectivity index (χ3v) is 5.66. The van der Waals surface area contributed by atoms with Gasteiger partial charge in [0.1, 0.15) is 5.76 Å². The summed E-state index contributed by atoms with van der Waals surface area (Å²) < 4.78 is 5.29. The maximum atomic E-state index is 12.6. The molecule has 3 aliphatic rings. The van der Waals surface area contributed by atoms with Crippen molar-refractivity contribution >= 4 is 41.8 Å². The molecule has 27 heavy (non-hydrogen) atoms. The Bertz CT molecular complexity index is 716. The molecule has 146 valence electrons. The number of hydrogen-bond acceptors (Lipinski definition) is 4. The number of furan rings is 1. The molecule has 1 aliphatic heterocycles. The van der Waals surface area contributed by atoms with Gasteiger partial charge >= 0.3 is 0 Å². The Labute approximate surface area is 175 Å². The molecule has 2 bridgehead atoms. The van der Waals surface area contributed by atoms with Crippen LogP contribution in [0.3, 0.4) is 0 Å². The lowest BCUT2D eigenvalue weighted by Crippen LogP contribution is -2.44. The molecule has 0 aromatic carbocycles. The first-order valence-electron chi connectivity index (χ1n) is 9.19. The van der Waals surface area contributed by atoms with E-state index in [1.807, 2.05) is 12.1 Å². The van der Waals surface area contributed by atoms with E-state index in [4.69, 9.17) is 4.42 Å². The van der Waals surface area contributed by atoms with Crippen molar-refractivity contribution in [3.05, 3.63) is 36.3 Å². The molecule has 2 fully saturated rings. The Balaban J connectivity index is 0.00000210. The highest BCUT2D eigenvalue weighted by atomic mass is 127. The molecule has 0 spiro atoms. The second-order valence-corrected chi connectivity index (χ2v) is 7.08. The van der Waals surface area contributed by atoms with Crippen LogP contribution in [-0.4, -0.2) is 49.4 Å². The zero-order chi connectivity index (χ0) is 18.1. The number of allylic oxidation sites excluding steroid dienone is 2. The number of aliphatic imine (C=N–C) groups is 1. The van der Waals surface area contributed by atoms with Crippen LogP contribution in [0.5, 0.6) is 0 Å². The van der Waals surface area contributed by atoms with E-state index in [-0.39, 0.29) is 59.5 Å². The van der Waals surface area contributed by atoms with Crippen molar-refractivity contribution in [2.45, 2.75) is 12.8 Å². The summed E-state index contributed by atoms with van der Waals surface area (Å²) in [6.07, 6.45) is 7.61. The average Bonchev–Trinajstić information content (AvgIpc) is 3.41. The maximum Gasteiger partial charge on any atom is 0.233 e. The molecule has 2 aliphatic carbocycles. The number of nitrogens with one attached hydrogen (secondary N) is 2. The van der Waals surface area contributed by atoms with Crippen molar-refractivity contribution in [2.75, 3.05) is 26.7 Å². The normalized spacial score (nSPS) is 28.5. The van der Waals surface area contributed by atoms with Gasteiger partial charge in [-0.05, 0) is 30.4 Å². The minimum atomic E-state index is -0.122. The van der Waals surface area contributed by atoms with Crippen LogP contribution in [0.4, 0.5) is 0 Å². The van der Waals surface area contributed by atoms with E-state index in [1.54, 1.807) is 13.3 Å². The Morgan fingerprint density at radius 1 is 1.19 bits per heavy atom. The van der Waals surface area contributed by atoms with Crippen molar-refractivity contribution in [3.63, 3.8) is 0 Å². The summed E-state index contributed by atoms with van der Waals surface area (Å²) in [6.45, 7) is 1.55. The van der Waals surface area contributed by atoms with Gasteiger partial charge in [0.25, 0.3) is 0 Å². The lowest BCUT2D eigenvalue weighted by molar-refractivity contribution is -0.140. The van der Waals surface area contributed by atoms with Gasteiger partial charge in [0.2, 0.25) is 11.8 Å². The molecule has 1 saturated heterocycles. The van der Waals surface area contributed by atoms with Crippen LogP contribution in [0.25, 0.3) is 0 Å². The van der Waals surface area contributed by atoms with Gasteiger partial charge < -0.3 is 15.1 Å². The number of halogens is 1. The summed E-state index contributed by atoms with van der Waals surface area (Å²) in [7, 11) is 1.70. The first-order chi connectivity index (χ1) is 12.7. The average molecular weight is 484 g/mol. The van der Waals surface area contributed by atoms with Crippen LogP contribution in [0.15, 0.2) is 40.0 Å². The van der Waals surface area contributed by atoms with Crippen LogP contribution >= 0.6 is 24.0 Å².